The highest BCUT2D eigenvalue weighted by molar-refractivity contribution is 7.91. The van der Waals surface area contributed by atoms with Gasteiger partial charge in [-0.25, -0.2) is 12.8 Å². The zero-order chi connectivity index (χ0) is 16.8. The lowest BCUT2D eigenvalue weighted by Gasteiger charge is -2.10. The highest BCUT2D eigenvalue weighted by Gasteiger charge is 2.23. The monoisotopic (exact) mass is 331 g/mol. The van der Waals surface area contributed by atoms with E-state index >= 15 is 0 Å². The number of benzene rings is 2. The first kappa shape index (κ1) is 15.4. The lowest BCUT2D eigenvalue weighted by molar-refractivity contribution is 0.593. The lowest BCUT2D eigenvalue weighted by Crippen LogP contribution is -2.18. The van der Waals surface area contributed by atoms with Gasteiger partial charge in [0, 0.05) is 18.6 Å². The maximum absolute atomic E-state index is 13.0. The van der Waals surface area contributed by atoms with E-state index in [1.54, 1.807) is 23.7 Å². The second-order valence-electron chi connectivity index (χ2n) is 5.41. The Morgan fingerprint density at radius 3 is 2.35 bits per heavy atom. The molecule has 0 aliphatic carbocycles. The number of hydrogen-bond acceptors (Lipinski definition) is 3. The average molecular weight is 331 g/mol. The van der Waals surface area contributed by atoms with Gasteiger partial charge in [0.25, 0.3) is 0 Å². The maximum atomic E-state index is 13.0. The molecule has 0 unspecified atom stereocenters. The first-order valence-electron chi connectivity index (χ1n) is 6.91. The summed E-state index contributed by atoms with van der Waals surface area (Å²) >= 11 is 0. The van der Waals surface area contributed by atoms with Gasteiger partial charge in [0.05, 0.1) is 10.4 Å². The van der Waals surface area contributed by atoms with Gasteiger partial charge in [-0.3, -0.25) is 4.79 Å². The molecule has 3 rings (SSSR count). The van der Waals surface area contributed by atoms with Crippen LogP contribution >= 0.6 is 0 Å². The van der Waals surface area contributed by atoms with Crippen LogP contribution in [0.2, 0.25) is 0 Å². The molecule has 4 nitrogen and oxygen atoms in total. The van der Waals surface area contributed by atoms with Crippen molar-refractivity contribution in [3.05, 3.63) is 70.3 Å². The highest BCUT2D eigenvalue weighted by Crippen LogP contribution is 2.21. The van der Waals surface area contributed by atoms with Crippen molar-refractivity contribution in [3.8, 4) is 0 Å². The molecule has 0 amide bonds. The Morgan fingerprint density at radius 2 is 1.70 bits per heavy atom. The van der Waals surface area contributed by atoms with Crippen LogP contribution in [0.1, 0.15) is 5.56 Å². The van der Waals surface area contributed by atoms with E-state index in [0.29, 0.717) is 10.9 Å². The summed E-state index contributed by atoms with van der Waals surface area (Å²) in [6, 6.07) is 9.73. The number of aryl methyl sites for hydroxylation is 2. The average Bonchev–Trinajstić information content (AvgIpc) is 2.51. The predicted octanol–water partition coefficient (Wildman–Crippen LogP) is 2.82. The zero-order valence-electron chi connectivity index (χ0n) is 12.6. The molecule has 3 aromatic rings. The molecular formula is C17H14FNO3S. The molecule has 118 valence electrons. The van der Waals surface area contributed by atoms with Crippen molar-refractivity contribution in [2.24, 2.45) is 7.05 Å². The standard InChI is InChI=1S/C17H14FNO3S/c1-11-3-8-15-14(9-11)17(20)16(10-19(15)2)23(21,22)13-6-4-12(18)5-7-13/h3-10H,1-2H3. The Hall–Kier alpha value is -2.47. The van der Waals surface area contributed by atoms with Crippen LogP contribution in [0.4, 0.5) is 4.39 Å². The molecule has 1 aromatic heterocycles. The fourth-order valence-corrected chi connectivity index (χ4v) is 3.91. The minimum atomic E-state index is -4.01. The number of nitrogens with zero attached hydrogens (tertiary/aromatic N) is 1. The van der Waals surface area contributed by atoms with Gasteiger partial charge in [-0.2, -0.15) is 0 Å². The molecule has 0 saturated carbocycles. The molecule has 23 heavy (non-hydrogen) atoms. The fourth-order valence-electron chi connectivity index (χ4n) is 2.51. The summed E-state index contributed by atoms with van der Waals surface area (Å²) in [6.45, 7) is 1.83. The van der Waals surface area contributed by atoms with Crippen LogP contribution < -0.4 is 5.43 Å². The molecular weight excluding hydrogens is 317 g/mol. The van der Waals surface area contributed by atoms with E-state index in [-0.39, 0.29) is 9.79 Å². The summed E-state index contributed by atoms with van der Waals surface area (Å²) in [5.41, 5.74) is 0.968. The molecule has 0 radical (unpaired) electrons. The highest BCUT2D eigenvalue weighted by atomic mass is 32.2. The van der Waals surface area contributed by atoms with Gasteiger partial charge in [0.2, 0.25) is 15.3 Å². The van der Waals surface area contributed by atoms with Crippen LogP contribution in [-0.2, 0) is 16.9 Å². The second kappa shape index (κ2) is 5.31. The van der Waals surface area contributed by atoms with Gasteiger partial charge in [0.1, 0.15) is 10.7 Å². The Balaban J connectivity index is 2.34. The fraction of sp³-hybridized carbons (Fsp3) is 0.118. The first-order valence-corrected chi connectivity index (χ1v) is 8.39. The van der Waals surface area contributed by atoms with E-state index in [2.05, 4.69) is 0 Å². The number of rotatable bonds is 2. The minimum Gasteiger partial charge on any atom is -0.349 e. The number of halogens is 1. The van der Waals surface area contributed by atoms with Crippen molar-refractivity contribution in [2.75, 3.05) is 0 Å². The van der Waals surface area contributed by atoms with E-state index in [1.165, 1.54) is 6.20 Å². The van der Waals surface area contributed by atoms with Crippen molar-refractivity contribution in [1.82, 2.24) is 4.57 Å². The van der Waals surface area contributed by atoms with Crippen LogP contribution in [0.3, 0.4) is 0 Å². The van der Waals surface area contributed by atoms with E-state index in [4.69, 9.17) is 0 Å². The normalized spacial score (nSPS) is 11.8. The molecule has 0 atom stereocenters. The number of sulfone groups is 1. The smallest absolute Gasteiger partial charge is 0.211 e. The van der Waals surface area contributed by atoms with Gasteiger partial charge in [-0.1, -0.05) is 11.6 Å². The molecule has 2 aromatic carbocycles. The van der Waals surface area contributed by atoms with Crippen LogP contribution in [-0.4, -0.2) is 13.0 Å². The van der Waals surface area contributed by atoms with Gasteiger partial charge in [-0.15, -0.1) is 0 Å². The van der Waals surface area contributed by atoms with Crippen LogP contribution in [0.25, 0.3) is 10.9 Å². The summed E-state index contributed by atoms with van der Waals surface area (Å²) < 4.78 is 40.0. The van der Waals surface area contributed by atoms with Crippen molar-refractivity contribution >= 4 is 20.7 Å². The number of pyridine rings is 1. The second-order valence-corrected chi connectivity index (χ2v) is 7.33. The minimum absolute atomic E-state index is 0.108. The zero-order valence-corrected chi connectivity index (χ0v) is 13.4. The topological polar surface area (TPSA) is 56.1 Å². The van der Waals surface area contributed by atoms with Crippen LogP contribution in [0.15, 0.2) is 63.2 Å². The first-order chi connectivity index (χ1) is 10.8. The largest absolute Gasteiger partial charge is 0.349 e. The van der Waals surface area contributed by atoms with Crippen LogP contribution in [0.5, 0.6) is 0 Å². The third kappa shape index (κ3) is 2.55. The predicted molar refractivity (Wildman–Crippen MR) is 85.8 cm³/mol. The quantitative estimate of drug-likeness (QED) is 0.679. The molecule has 0 aliphatic heterocycles. The van der Waals surface area contributed by atoms with Crippen molar-refractivity contribution in [2.45, 2.75) is 16.7 Å². The molecule has 0 aliphatic rings. The Morgan fingerprint density at radius 1 is 1.04 bits per heavy atom. The number of fused-ring (bicyclic) bond motifs is 1. The third-order valence-electron chi connectivity index (χ3n) is 3.72. The van der Waals surface area contributed by atoms with Crippen molar-refractivity contribution < 1.29 is 12.8 Å². The molecule has 0 bridgehead atoms. The van der Waals surface area contributed by atoms with E-state index in [1.807, 2.05) is 13.0 Å². The van der Waals surface area contributed by atoms with Crippen molar-refractivity contribution in [3.63, 3.8) is 0 Å². The summed E-state index contributed by atoms with van der Waals surface area (Å²) in [6.07, 6.45) is 1.30. The maximum Gasteiger partial charge on any atom is 0.211 e. The summed E-state index contributed by atoms with van der Waals surface area (Å²) in [4.78, 5) is 12.2. The van der Waals surface area contributed by atoms with Crippen molar-refractivity contribution in [1.29, 1.82) is 0 Å². The number of hydrogen-bond donors (Lipinski definition) is 0. The molecule has 6 heteroatoms. The molecule has 1 heterocycles. The van der Waals surface area contributed by atoms with E-state index < -0.39 is 21.1 Å². The summed E-state index contributed by atoms with van der Waals surface area (Å²) in [5.74, 6) is -0.536. The SMILES string of the molecule is Cc1ccc2c(c1)c(=O)c(S(=O)(=O)c1ccc(F)cc1)cn2C. The Labute approximate surface area is 132 Å². The van der Waals surface area contributed by atoms with Gasteiger partial charge >= 0.3 is 0 Å². The van der Waals surface area contributed by atoms with Gasteiger partial charge in [-0.05, 0) is 43.3 Å². The summed E-state index contributed by atoms with van der Waals surface area (Å²) in [5, 5.41) is 0.343. The molecule has 0 N–H and O–H groups in total. The van der Waals surface area contributed by atoms with Crippen LogP contribution in [0, 0.1) is 12.7 Å². The summed E-state index contributed by atoms with van der Waals surface area (Å²) in [7, 11) is -2.33. The third-order valence-corrected chi connectivity index (χ3v) is 5.49. The Bertz CT molecular complexity index is 1070. The van der Waals surface area contributed by atoms with Gasteiger partial charge in [0.15, 0.2) is 0 Å². The number of aromatic nitrogens is 1. The Kier molecular flexibility index (Phi) is 3.56. The lowest BCUT2D eigenvalue weighted by atomic mass is 10.1. The van der Waals surface area contributed by atoms with E-state index in [0.717, 1.165) is 29.8 Å². The molecule has 0 spiro atoms. The molecule has 0 saturated heterocycles. The van der Waals surface area contributed by atoms with Gasteiger partial charge < -0.3 is 4.57 Å². The van der Waals surface area contributed by atoms with E-state index in [9.17, 15) is 17.6 Å². The molecule has 0 fully saturated rings.